The number of rotatable bonds is 3. The summed E-state index contributed by atoms with van der Waals surface area (Å²) in [5.74, 6) is -1.60. The Hall–Kier alpha value is -0.990. The first-order valence-corrected chi connectivity index (χ1v) is 5.39. The molecule has 0 saturated carbocycles. The standard InChI is InChI=1S/C9H8F2INO3/c1-2-16-9(15)4-3-13-8(12)6(14)5(4)7(10)11/h3,7,14H,2H2,1H3. The van der Waals surface area contributed by atoms with Gasteiger partial charge in [0.2, 0.25) is 0 Å². The second-order valence-electron chi connectivity index (χ2n) is 2.75. The molecule has 1 N–H and O–H groups in total. The maximum absolute atomic E-state index is 12.7. The molecule has 1 aromatic rings. The highest BCUT2D eigenvalue weighted by atomic mass is 127. The van der Waals surface area contributed by atoms with Gasteiger partial charge in [-0.25, -0.2) is 18.6 Å². The zero-order valence-corrected chi connectivity index (χ0v) is 10.4. The van der Waals surface area contributed by atoms with Crippen LogP contribution in [0.5, 0.6) is 5.75 Å². The molecule has 0 radical (unpaired) electrons. The number of nitrogens with zero attached hydrogens (tertiary/aromatic N) is 1. The van der Waals surface area contributed by atoms with Crippen LogP contribution in [-0.4, -0.2) is 22.7 Å². The predicted molar refractivity (Wildman–Crippen MR) is 59.5 cm³/mol. The molecule has 1 heterocycles. The van der Waals surface area contributed by atoms with Gasteiger partial charge < -0.3 is 9.84 Å². The van der Waals surface area contributed by atoms with Crippen LogP contribution in [0.4, 0.5) is 8.78 Å². The number of carbonyl (C=O) groups excluding carboxylic acids is 1. The minimum atomic E-state index is -2.96. The number of halogens is 3. The summed E-state index contributed by atoms with van der Waals surface area (Å²) in [6.07, 6.45) is -1.99. The van der Waals surface area contributed by atoms with Crippen LogP contribution in [0, 0.1) is 3.70 Å². The van der Waals surface area contributed by atoms with E-state index in [0.29, 0.717) is 0 Å². The minimum Gasteiger partial charge on any atom is -0.505 e. The van der Waals surface area contributed by atoms with Gasteiger partial charge in [0.25, 0.3) is 6.43 Å². The molecule has 0 atom stereocenters. The van der Waals surface area contributed by atoms with Gasteiger partial charge in [0.15, 0.2) is 5.75 Å². The third-order valence-corrected chi connectivity index (χ3v) is 2.55. The lowest BCUT2D eigenvalue weighted by Crippen LogP contribution is -2.10. The summed E-state index contributed by atoms with van der Waals surface area (Å²) >= 11 is 1.60. The van der Waals surface area contributed by atoms with Crippen molar-refractivity contribution in [3.05, 3.63) is 21.0 Å². The Morgan fingerprint density at radius 1 is 1.69 bits per heavy atom. The van der Waals surface area contributed by atoms with Crippen molar-refractivity contribution < 1.29 is 23.4 Å². The number of aromatic nitrogens is 1. The van der Waals surface area contributed by atoms with Gasteiger partial charge in [0.1, 0.15) is 3.70 Å². The van der Waals surface area contributed by atoms with Crippen molar-refractivity contribution >= 4 is 28.6 Å². The fourth-order valence-electron chi connectivity index (χ4n) is 1.08. The number of pyridine rings is 1. The van der Waals surface area contributed by atoms with E-state index in [-0.39, 0.29) is 10.3 Å². The summed E-state index contributed by atoms with van der Waals surface area (Å²) in [7, 11) is 0. The molecule has 0 aliphatic carbocycles. The lowest BCUT2D eigenvalue weighted by Gasteiger charge is -2.10. The molecule has 16 heavy (non-hydrogen) atoms. The fraction of sp³-hybridized carbons (Fsp3) is 0.333. The summed E-state index contributed by atoms with van der Waals surface area (Å²) in [6, 6.07) is 0. The van der Waals surface area contributed by atoms with Crippen molar-refractivity contribution in [3.8, 4) is 5.75 Å². The molecule has 0 aliphatic heterocycles. The Morgan fingerprint density at radius 3 is 2.81 bits per heavy atom. The first-order valence-electron chi connectivity index (χ1n) is 4.31. The van der Waals surface area contributed by atoms with E-state index < -0.39 is 29.3 Å². The molecular formula is C9H8F2INO3. The molecule has 0 amide bonds. The summed E-state index contributed by atoms with van der Waals surface area (Å²) < 4.78 is 29.9. The average Bonchev–Trinajstić information content (AvgIpc) is 2.21. The highest BCUT2D eigenvalue weighted by Gasteiger charge is 2.25. The molecule has 7 heteroatoms. The number of aromatic hydroxyl groups is 1. The summed E-state index contributed by atoms with van der Waals surface area (Å²) in [6.45, 7) is 1.62. The number of alkyl halides is 2. The highest BCUT2D eigenvalue weighted by molar-refractivity contribution is 14.1. The molecule has 0 bridgehead atoms. The maximum Gasteiger partial charge on any atom is 0.340 e. The lowest BCUT2D eigenvalue weighted by molar-refractivity contribution is 0.0513. The number of esters is 1. The summed E-state index contributed by atoms with van der Waals surface area (Å²) in [5.41, 5.74) is -1.15. The summed E-state index contributed by atoms with van der Waals surface area (Å²) in [4.78, 5) is 15.0. The van der Waals surface area contributed by atoms with Crippen LogP contribution in [0.1, 0.15) is 29.3 Å². The number of hydrogen-bond donors (Lipinski definition) is 1. The van der Waals surface area contributed by atoms with E-state index in [2.05, 4.69) is 9.72 Å². The molecule has 0 aromatic carbocycles. The summed E-state index contributed by atoms with van der Waals surface area (Å²) in [5, 5.41) is 9.41. The zero-order valence-electron chi connectivity index (χ0n) is 8.21. The van der Waals surface area contributed by atoms with E-state index in [1.165, 1.54) is 0 Å². The largest absolute Gasteiger partial charge is 0.505 e. The second-order valence-corrected chi connectivity index (χ2v) is 3.77. The van der Waals surface area contributed by atoms with Gasteiger partial charge in [-0.15, -0.1) is 0 Å². The molecule has 4 nitrogen and oxygen atoms in total. The van der Waals surface area contributed by atoms with E-state index >= 15 is 0 Å². The van der Waals surface area contributed by atoms with E-state index in [1.807, 2.05) is 0 Å². The van der Waals surface area contributed by atoms with Gasteiger partial charge in [0, 0.05) is 6.20 Å². The van der Waals surface area contributed by atoms with Crippen molar-refractivity contribution in [3.63, 3.8) is 0 Å². The van der Waals surface area contributed by atoms with E-state index in [1.54, 1.807) is 29.5 Å². The maximum atomic E-state index is 12.7. The highest BCUT2D eigenvalue weighted by Crippen LogP contribution is 2.34. The Labute approximate surface area is 104 Å². The van der Waals surface area contributed by atoms with E-state index in [9.17, 15) is 18.7 Å². The van der Waals surface area contributed by atoms with E-state index in [4.69, 9.17) is 0 Å². The van der Waals surface area contributed by atoms with Crippen molar-refractivity contribution in [2.45, 2.75) is 13.3 Å². The molecular weight excluding hydrogens is 335 g/mol. The van der Waals surface area contributed by atoms with Gasteiger partial charge in [-0.3, -0.25) is 0 Å². The van der Waals surface area contributed by atoms with Crippen LogP contribution in [0.15, 0.2) is 6.20 Å². The average molecular weight is 343 g/mol. The fourth-order valence-corrected chi connectivity index (χ4v) is 1.51. The van der Waals surface area contributed by atoms with Crippen molar-refractivity contribution in [1.82, 2.24) is 4.98 Å². The third kappa shape index (κ3) is 2.57. The van der Waals surface area contributed by atoms with Gasteiger partial charge in [-0.2, -0.15) is 0 Å². The van der Waals surface area contributed by atoms with Gasteiger partial charge >= 0.3 is 5.97 Å². The van der Waals surface area contributed by atoms with Crippen LogP contribution < -0.4 is 0 Å². The quantitative estimate of drug-likeness (QED) is 0.521. The molecule has 0 unspecified atom stereocenters. The normalized spacial score (nSPS) is 10.6. The van der Waals surface area contributed by atoms with Crippen molar-refractivity contribution in [2.75, 3.05) is 6.61 Å². The Kier molecular flexibility index (Phi) is 4.39. The molecule has 0 saturated heterocycles. The number of hydrogen-bond acceptors (Lipinski definition) is 4. The first-order chi connectivity index (χ1) is 7.49. The molecule has 0 spiro atoms. The van der Waals surface area contributed by atoms with Crippen LogP contribution in [0.25, 0.3) is 0 Å². The van der Waals surface area contributed by atoms with Gasteiger partial charge in [-0.1, -0.05) is 0 Å². The molecule has 0 fully saturated rings. The van der Waals surface area contributed by atoms with Crippen LogP contribution in [0.2, 0.25) is 0 Å². The molecule has 88 valence electrons. The molecule has 1 rings (SSSR count). The Balaban J connectivity index is 3.28. The number of carbonyl (C=O) groups is 1. The Bertz CT molecular complexity index is 412. The lowest BCUT2D eigenvalue weighted by atomic mass is 10.1. The Morgan fingerprint density at radius 2 is 2.31 bits per heavy atom. The minimum absolute atomic E-state index is 0.0148. The number of ether oxygens (including phenoxy) is 1. The van der Waals surface area contributed by atoms with Gasteiger partial charge in [0.05, 0.1) is 17.7 Å². The van der Waals surface area contributed by atoms with Crippen molar-refractivity contribution in [1.29, 1.82) is 0 Å². The molecule has 1 aromatic heterocycles. The monoisotopic (exact) mass is 343 g/mol. The topological polar surface area (TPSA) is 59.4 Å². The zero-order chi connectivity index (χ0) is 12.3. The van der Waals surface area contributed by atoms with Crippen molar-refractivity contribution in [2.24, 2.45) is 0 Å². The van der Waals surface area contributed by atoms with Crippen LogP contribution >= 0.6 is 22.6 Å². The predicted octanol–water partition coefficient (Wildman–Crippen LogP) is 2.51. The van der Waals surface area contributed by atoms with Crippen LogP contribution in [0.3, 0.4) is 0 Å². The third-order valence-electron chi connectivity index (χ3n) is 1.76. The second kappa shape index (κ2) is 5.37. The van der Waals surface area contributed by atoms with E-state index in [0.717, 1.165) is 6.20 Å². The molecule has 0 aliphatic rings. The SMILES string of the molecule is CCOC(=O)c1cnc(I)c(O)c1C(F)F. The smallest absolute Gasteiger partial charge is 0.340 e. The van der Waals surface area contributed by atoms with Crippen LogP contribution in [-0.2, 0) is 4.74 Å². The van der Waals surface area contributed by atoms with Gasteiger partial charge in [-0.05, 0) is 29.5 Å². The first kappa shape index (κ1) is 13.1.